The Bertz CT molecular complexity index is 282. The van der Waals surface area contributed by atoms with Gasteiger partial charge in [0.2, 0.25) is 0 Å². The quantitative estimate of drug-likeness (QED) is 0.714. The molecular formula is C14H23NO. The number of para-hydroxylation sites is 1. The average molecular weight is 221 g/mol. The molecule has 90 valence electrons. The van der Waals surface area contributed by atoms with Crippen molar-refractivity contribution in [1.82, 2.24) is 5.32 Å². The summed E-state index contributed by atoms with van der Waals surface area (Å²) in [6, 6.07) is 9.94. The van der Waals surface area contributed by atoms with Gasteiger partial charge in [0.15, 0.2) is 0 Å². The lowest BCUT2D eigenvalue weighted by Crippen LogP contribution is -2.41. The van der Waals surface area contributed by atoms with E-state index in [1.165, 1.54) is 12.8 Å². The van der Waals surface area contributed by atoms with Crippen molar-refractivity contribution < 1.29 is 4.74 Å². The normalized spacial score (nSPS) is 11.4. The summed E-state index contributed by atoms with van der Waals surface area (Å²) in [5, 5.41) is 3.51. The minimum absolute atomic E-state index is 0.217. The van der Waals surface area contributed by atoms with E-state index in [0.29, 0.717) is 0 Å². The monoisotopic (exact) mass is 221 g/mol. The van der Waals surface area contributed by atoms with Crippen LogP contribution in [0.15, 0.2) is 30.3 Å². The molecule has 0 spiro atoms. The van der Waals surface area contributed by atoms with Crippen LogP contribution in [-0.4, -0.2) is 18.7 Å². The number of rotatable bonds is 7. The van der Waals surface area contributed by atoms with Crippen molar-refractivity contribution in [2.75, 3.05) is 13.2 Å². The molecule has 2 heteroatoms. The van der Waals surface area contributed by atoms with E-state index in [9.17, 15) is 0 Å². The van der Waals surface area contributed by atoms with E-state index in [2.05, 4.69) is 26.1 Å². The van der Waals surface area contributed by atoms with Gasteiger partial charge in [0, 0.05) is 12.1 Å². The first kappa shape index (κ1) is 13.0. The van der Waals surface area contributed by atoms with Crippen molar-refractivity contribution >= 4 is 0 Å². The van der Waals surface area contributed by atoms with Crippen LogP contribution in [0.2, 0.25) is 0 Å². The van der Waals surface area contributed by atoms with Crippen LogP contribution >= 0.6 is 0 Å². The molecule has 0 radical (unpaired) electrons. The maximum Gasteiger partial charge on any atom is 0.119 e. The fourth-order valence-electron chi connectivity index (χ4n) is 1.79. The van der Waals surface area contributed by atoms with Crippen molar-refractivity contribution in [3.05, 3.63) is 30.3 Å². The molecule has 0 aliphatic carbocycles. The molecular weight excluding hydrogens is 198 g/mol. The lowest BCUT2D eigenvalue weighted by molar-refractivity contribution is 0.276. The summed E-state index contributed by atoms with van der Waals surface area (Å²) in [6.07, 6.45) is 2.40. The van der Waals surface area contributed by atoms with Crippen molar-refractivity contribution in [3.63, 3.8) is 0 Å². The number of nitrogens with one attached hydrogen (secondary N) is 1. The molecule has 1 N–H and O–H groups in total. The van der Waals surface area contributed by atoms with Crippen LogP contribution in [0.5, 0.6) is 5.75 Å². The minimum atomic E-state index is 0.217. The first-order valence-corrected chi connectivity index (χ1v) is 6.07. The van der Waals surface area contributed by atoms with Crippen LogP contribution in [0.1, 0.15) is 33.6 Å². The summed E-state index contributed by atoms with van der Waals surface area (Å²) >= 11 is 0. The summed E-state index contributed by atoms with van der Waals surface area (Å²) < 4.78 is 5.62. The third kappa shape index (κ3) is 5.17. The summed E-state index contributed by atoms with van der Waals surface area (Å²) in [5.74, 6) is 0.942. The molecule has 0 aliphatic rings. The van der Waals surface area contributed by atoms with Crippen LogP contribution in [-0.2, 0) is 0 Å². The Morgan fingerprint density at radius 3 is 2.50 bits per heavy atom. The maximum absolute atomic E-state index is 5.62. The topological polar surface area (TPSA) is 21.3 Å². The van der Waals surface area contributed by atoms with Crippen molar-refractivity contribution in [2.45, 2.75) is 39.2 Å². The van der Waals surface area contributed by atoms with Crippen LogP contribution in [0.3, 0.4) is 0 Å². The fourth-order valence-corrected chi connectivity index (χ4v) is 1.79. The summed E-state index contributed by atoms with van der Waals surface area (Å²) in [5.41, 5.74) is 0.217. The second-order valence-corrected chi connectivity index (χ2v) is 4.72. The third-order valence-electron chi connectivity index (χ3n) is 2.59. The van der Waals surface area contributed by atoms with Crippen molar-refractivity contribution in [3.8, 4) is 5.75 Å². The Labute approximate surface area is 99.0 Å². The van der Waals surface area contributed by atoms with Gasteiger partial charge in [-0.3, -0.25) is 0 Å². The summed E-state index contributed by atoms with van der Waals surface area (Å²) in [4.78, 5) is 0. The molecule has 1 aromatic carbocycles. The molecule has 0 saturated heterocycles. The van der Waals surface area contributed by atoms with Gasteiger partial charge < -0.3 is 10.1 Å². The first-order valence-electron chi connectivity index (χ1n) is 6.07. The maximum atomic E-state index is 5.62. The van der Waals surface area contributed by atoms with E-state index in [4.69, 9.17) is 4.74 Å². The van der Waals surface area contributed by atoms with E-state index < -0.39 is 0 Å². The third-order valence-corrected chi connectivity index (χ3v) is 2.59. The molecule has 0 fully saturated rings. The molecule has 0 amide bonds. The molecule has 0 saturated carbocycles. The summed E-state index contributed by atoms with van der Waals surface area (Å²) in [6.45, 7) is 8.29. The number of hydrogen-bond acceptors (Lipinski definition) is 2. The second-order valence-electron chi connectivity index (χ2n) is 4.72. The van der Waals surface area contributed by atoms with Crippen LogP contribution in [0.4, 0.5) is 0 Å². The Morgan fingerprint density at radius 1 is 1.19 bits per heavy atom. The zero-order chi connectivity index (χ0) is 11.9. The van der Waals surface area contributed by atoms with E-state index in [1.807, 2.05) is 30.3 Å². The Hall–Kier alpha value is -1.02. The Morgan fingerprint density at radius 2 is 1.88 bits per heavy atom. The molecule has 0 atom stereocenters. The van der Waals surface area contributed by atoms with Crippen molar-refractivity contribution in [2.24, 2.45) is 0 Å². The highest BCUT2D eigenvalue weighted by Gasteiger charge is 2.14. The minimum Gasteiger partial charge on any atom is -0.492 e. The van der Waals surface area contributed by atoms with Gasteiger partial charge in [0.05, 0.1) is 0 Å². The highest BCUT2D eigenvalue weighted by molar-refractivity contribution is 5.20. The Kier molecular flexibility index (Phi) is 5.33. The molecule has 0 aliphatic heterocycles. The van der Waals surface area contributed by atoms with Gasteiger partial charge >= 0.3 is 0 Å². The molecule has 1 aromatic rings. The average Bonchev–Trinajstić information content (AvgIpc) is 2.26. The van der Waals surface area contributed by atoms with E-state index in [0.717, 1.165) is 18.9 Å². The first-order chi connectivity index (χ1) is 7.64. The van der Waals surface area contributed by atoms with Gasteiger partial charge in [-0.15, -0.1) is 0 Å². The second kappa shape index (κ2) is 6.54. The van der Waals surface area contributed by atoms with Gasteiger partial charge in [0.1, 0.15) is 12.4 Å². The molecule has 0 aromatic heterocycles. The van der Waals surface area contributed by atoms with Crippen molar-refractivity contribution in [1.29, 1.82) is 0 Å². The van der Waals surface area contributed by atoms with Gasteiger partial charge in [-0.25, -0.2) is 0 Å². The predicted molar refractivity (Wildman–Crippen MR) is 68.9 cm³/mol. The molecule has 16 heavy (non-hydrogen) atoms. The predicted octanol–water partition coefficient (Wildman–Crippen LogP) is 3.23. The van der Waals surface area contributed by atoms with E-state index in [1.54, 1.807) is 0 Å². The van der Waals surface area contributed by atoms with Gasteiger partial charge in [-0.05, 0) is 32.4 Å². The Balaban J connectivity index is 2.17. The molecule has 2 nitrogen and oxygen atoms in total. The number of hydrogen-bond donors (Lipinski definition) is 1. The van der Waals surface area contributed by atoms with E-state index >= 15 is 0 Å². The van der Waals surface area contributed by atoms with Gasteiger partial charge in [0.25, 0.3) is 0 Å². The molecule has 0 unspecified atom stereocenters. The largest absolute Gasteiger partial charge is 0.492 e. The zero-order valence-corrected chi connectivity index (χ0v) is 10.6. The lowest BCUT2D eigenvalue weighted by atomic mass is 9.99. The van der Waals surface area contributed by atoms with Crippen LogP contribution < -0.4 is 10.1 Å². The lowest BCUT2D eigenvalue weighted by Gasteiger charge is -2.25. The van der Waals surface area contributed by atoms with Crippen LogP contribution in [0, 0.1) is 0 Å². The number of ether oxygens (including phenoxy) is 1. The number of benzene rings is 1. The highest BCUT2D eigenvalue weighted by atomic mass is 16.5. The van der Waals surface area contributed by atoms with Gasteiger partial charge in [-0.1, -0.05) is 31.5 Å². The SMILES string of the molecule is CCCC(C)(C)NCCOc1ccccc1. The zero-order valence-electron chi connectivity index (χ0n) is 10.6. The highest BCUT2D eigenvalue weighted by Crippen LogP contribution is 2.10. The van der Waals surface area contributed by atoms with E-state index in [-0.39, 0.29) is 5.54 Å². The molecule has 0 heterocycles. The molecule has 1 rings (SSSR count). The van der Waals surface area contributed by atoms with Gasteiger partial charge in [-0.2, -0.15) is 0 Å². The standard InChI is InChI=1S/C14H23NO/c1-4-10-14(2,3)15-11-12-16-13-8-6-5-7-9-13/h5-9,15H,4,10-12H2,1-3H3. The molecule has 0 bridgehead atoms. The van der Waals surface area contributed by atoms with Crippen LogP contribution in [0.25, 0.3) is 0 Å². The summed E-state index contributed by atoms with van der Waals surface area (Å²) in [7, 11) is 0. The fraction of sp³-hybridized carbons (Fsp3) is 0.571. The smallest absolute Gasteiger partial charge is 0.119 e.